The highest BCUT2D eigenvalue weighted by atomic mass is 32.1. The second kappa shape index (κ2) is 6.62. The first-order valence-electron chi connectivity index (χ1n) is 6.96. The van der Waals surface area contributed by atoms with E-state index in [1.165, 1.54) is 0 Å². The second-order valence-electron chi connectivity index (χ2n) is 4.69. The average Bonchev–Trinajstić information content (AvgIpc) is 2.95. The lowest BCUT2D eigenvalue weighted by Crippen LogP contribution is -2.00. The third-order valence-electron chi connectivity index (χ3n) is 3.16. The molecular formula is C16H16N4O2S. The van der Waals surface area contributed by atoms with Crippen LogP contribution < -0.4 is 14.8 Å². The minimum atomic E-state index is 0.384. The molecule has 7 heteroatoms. The molecule has 0 fully saturated rings. The molecule has 1 N–H and O–H groups in total. The molecule has 0 radical (unpaired) electrons. The number of benzene rings is 1. The first-order valence-corrected chi connectivity index (χ1v) is 7.78. The Bertz CT molecular complexity index is 783. The number of nitrogens with zero attached hydrogens (tertiary/aromatic N) is 3. The van der Waals surface area contributed by atoms with Gasteiger partial charge in [-0.15, -0.1) is 11.3 Å². The maximum Gasteiger partial charge on any atom is 0.235 e. The molecule has 0 aliphatic rings. The van der Waals surface area contributed by atoms with Crippen molar-refractivity contribution in [3.63, 3.8) is 0 Å². The van der Waals surface area contributed by atoms with E-state index in [0.29, 0.717) is 17.7 Å². The van der Waals surface area contributed by atoms with E-state index in [2.05, 4.69) is 20.3 Å². The Morgan fingerprint density at radius 1 is 0.957 bits per heavy atom. The highest BCUT2D eigenvalue weighted by Gasteiger charge is 2.12. The van der Waals surface area contributed by atoms with Crippen LogP contribution in [-0.2, 0) is 0 Å². The molecule has 0 bridgehead atoms. The molecule has 23 heavy (non-hydrogen) atoms. The van der Waals surface area contributed by atoms with E-state index in [-0.39, 0.29) is 0 Å². The Morgan fingerprint density at radius 2 is 1.61 bits per heavy atom. The van der Waals surface area contributed by atoms with Crippen molar-refractivity contribution in [2.75, 3.05) is 19.5 Å². The van der Waals surface area contributed by atoms with Crippen LogP contribution in [0.2, 0.25) is 0 Å². The third-order valence-corrected chi connectivity index (χ3v) is 4.05. The van der Waals surface area contributed by atoms with E-state index in [1.807, 2.05) is 37.3 Å². The van der Waals surface area contributed by atoms with Gasteiger partial charge in [-0.2, -0.15) is 9.97 Å². The quantitative estimate of drug-likeness (QED) is 0.770. The van der Waals surface area contributed by atoms with Gasteiger partial charge in [0.15, 0.2) is 5.13 Å². The van der Waals surface area contributed by atoms with Gasteiger partial charge in [-0.25, -0.2) is 4.98 Å². The lowest BCUT2D eigenvalue weighted by Gasteiger charge is -2.06. The lowest BCUT2D eigenvalue weighted by atomic mass is 10.1. The Balaban J connectivity index is 1.90. The maximum atomic E-state index is 5.15. The number of aromatic nitrogens is 3. The predicted molar refractivity (Wildman–Crippen MR) is 90.7 cm³/mol. The van der Waals surface area contributed by atoms with Crippen molar-refractivity contribution in [2.24, 2.45) is 0 Å². The summed E-state index contributed by atoms with van der Waals surface area (Å²) in [4.78, 5) is 14.2. The van der Waals surface area contributed by atoms with Gasteiger partial charge in [0.1, 0.15) is 0 Å². The van der Waals surface area contributed by atoms with Crippen molar-refractivity contribution in [1.82, 2.24) is 15.0 Å². The zero-order valence-electron chi connectivity index (χ0n) is 13.0. The number of hydrogen-bond acceptors (Lipinski definition) is 7. The molecule has 2 aromatic heterocycles. The topological polar surface area (TPSA) is 69.2 Å². The summed E-state index contributed by atoms with van der Waals surface area (Å²) in [5, 5.41) is 3.83. The first kappa shape index (κ1) is 15.2. The molecule has 0 amide bonds. The highest BCUT2D eigenvalue weighted by molar-refractivity contribution is 7.16. The SMILES string of the molecule is COc1cc(OC)nc(Nc2nc(-c3ccccc3)c(C)s2)n1. The van der Waals surface area contributed by atoms with Crippen LogP contribution in [0.4, 0.5) is 11.1 Å². The summed E-state index contributed by atoms with van der Waals surface area (Å²) in [7, 11) is 3.10. The molecule has 0 unspecified atom stereocenters. The van der Waals surface area contributed by atoms with Gasteiger partial charge < -0.3 is 9.47 Å². The zero-order valence-corrected chi connectivity index (χ0v) is 13.8. The molecule has 0 atom stereocenters. The minimum Gasteiger partial charge on any atom is -0.481 e. The normalized spacial score (nSPS) is 10.4. The molecule has 6 nitrogen and oxygen atoms in total. The van der Waals surface area contributed by atoms with E-state index in [1.54, 1.807) is 31.6 Å². The molecule has 0 spiro atoms. The Kier molecular flexibility index (Phi) is 4.38. The first-order chi connectivity index (χ1) is 11.2. The summed E-state index contributed by atoms with van der Waals surface area (Å²) >= 11 is 1.55. The number of thiazole rings is 1. The van der Waals surface area contributed by atoms with Gasteiger partial charge in [-0.05, 0) is 6.92 Å². The lowest BCUT2D eigenvalue weighted by molar-refractivity contribution is 0.373. The largest absolute Gasteiger partial charge is 0.481 e. The Morgan fingerprint density at radius 3 is 2.22 bits per heavy atom. The monoisotopic (exact) mass is 328 g/mol. The molecular weight excluding hydrogens is 312 g/mol. The fourth-order valence-electron chi connectivity index (χ4n) is 2.08. The summed E-state index contributed by atoms with van der Waals surface area (Å²) in [6, 6.07) is 11.7. The van der Waals surface area contributed by atoms with Crippen LogP contribution in [0.5, 0.6) is 11.8 Å². The molecule has 0 saturated carbocycles. The number of aryl methyl sites for hydroxylation is 1. The third kappa shape index (κ3) is 3.40. The van der Waals surface area contributed by atoms with Crippen LogP contribution in [0.3, 0.4) is 0 Å². The van der Waals surface area contributed by atoms with E-state index in [0.717, 1.165) is 21.3 Å². The number of rotatable bonds is 5. The molecule has 1 aromatic carbocycles. The van der Waals surface area contributed by atoms with Crippen LogP contribution in [0.25, 0.3) is 11.3 Å². The number of methoxy groups -OCH3 is 2. The van der Waals surface area contributed by atoms with Gasteiger partial charge in [0, 0.05) is 10.4 Å². The molecule has 2 heterocycles. The summed E-state index contributed by atoms with van der Waals surface area (Å²) in [6.45, 7) is 2.04. The minimum absolute atomic E-state index is 0.384. The van der Waals surface area contributed by atoms with Gasteiger partial charge >= 0.3 is 0 Å². The van der Waals surface area contributed by atoms with Crippen LogP contribution in [0.1, 0.15) is 4.88 Å². The van der Waals surface area contributed by atoms with Gasteiger partial charge in [-0.1, -0.05) is 30.3 Å². The fraction of sp³-hybridized carbons (Fsp3) is 0.188. The summed E-state index contributed by atoms with van der Waals surface area (Å²) in [5.41, 5.74) is 2.03. The highest BCUT2D eigenvalue weighted by Crippen LogP contribution is 2.31. The van der Waals surface area contributed by atoms with Gasteiger partial charge in [0.2, 0.25) is 17.7 Å². The molecule has 3 rings (SSSR count). The molecule has 0 aliphatic heterocycles. The number of hydrogen-bond donors (Lipinski definition) is 1. The maximum absolute atomic E-state index is 5.15. The summed E-state index contributed by atoms with van der Waals surface area (Å²) < 4.78 is 10.3. The summed E-state index contributed by atoms with van der Waals surface area (Å²) in [5.74, 6) is 1.24. The van der Waals surface area contributed by atoms with Crippen molar-refractivity contribution in [1.29, 1.82) is 0 Å². The van der Waals surface area contributed by atoms with Crippen molar-refractivity contribution in [2.45, 2.75) is 6.92 Å². The van der Waals surface area contributed by atoms with Crippen molar-refractivity contribution >= 4 is 22.4 Å². The molecule has 3 aromatic rings. The van der Waals surface area contributed by atoms with Gasteiger partial charge in [-0.3, -0.25) is 5.32 Å². The zero-order chi connectivity index (χ0) is 16.2. The van der Waals surface area contributed by atoms with Crippen LogP contribution in [0, 0.1) is 6.92 Å². The van der Waals surface area contributed by atoms with E-state index < -0.39 is 0 Å². The van der Waals surface area contributed by atoms with Crippen LogP contribution >= 0.6 is 11.3 Å². The van der Waals surface area contributed by atoms with Gasteiger partial charge in [0.05, 0.1) is 26.0 Å². The Hall–Kier alpha value is -2.67. The number of nitrogens with one attached hydrogen (secondary N) is 1. The van der Waals surface area contributed by atoms with E-state index >= 15 is 0 Å². The fourth-order valence-corrected chi connectivity index (χ4v) is 2.91. The number of anilines is 2. The molecule has 0 aliphatic carbocycles. The molecule has 118 valence electrons. The average molecular weight is 328 g/mol. The van der Waals surface area contributed by atoms with E-state index in [4.69, 9.17) is 9.47 Å². The second-order valence-corrected chi connectivity index (χ2v) is 5.89. The van der Waals surface area contributed by atoms with Crippen LogP contribution in [0.15, 0.2) is 36.4 Å². The van der Waals surface area contributed by atoms with Crippen molar-refractivity contribution in [3.05, 3.63) is 41.3 Å². The van der Waals surface area contributed by atoms with E-state index in [9.17, 15) is 0 Å². The predicted octanol–water partition coefficient (Wildman–Crippen LogP) is 3.67. The molecule has 0 saturated heterocycles. The summed E-state index contributed by atoms with van der Waals surface area (Å²) in [6.07, 6.45) is 0. The van der Waals surface area contributed by atoms with Crippen LogP contribution in [-0.4, -0.2) is 29.2 Å². The standard InChI is InChI=1S/C16H16N4O2S/c1-10-14(11-7-5-4-6-8-11)19-16(23-10)20-15-17-12(21-2)9-13(18-15)22-3/h4-9H,1-3H3,(H,17,18,19,20). The number of ether oxygens (including phenoxy) is 2. The smallest absolute Gasteiger partial charge is 0.235 e. The van der Waals surface area contributed by atoms with Crippen molar-refractivity contribution in [3.8, 4) is 23.0 Å². The van der Waals surface area contributed by atoms with Gasteiger partial charge in [0.25, 0.3) is 0 Å². The Labute approximate surface area is 138 Å². The van der Waals surface area contributed by atoms with Crippen molar-refractivity contribution < 1.29 is 9.47 Å².